The Kier molecular flexibility index (Phi) is 5.83. The lowest BCUT2D eigenvalue weighted by Gasteiger charge is -2.14. The molecule has 2 rings (SSSR count). The Morgan fingerprint density at radius 2 is 2.12 bits per heavy atom. The van der Waals surface area contributed by atoms with Gasteiger partial charge in [-0.1, -0.05) is 29.8 Å². The third kappa shape index (κ3) is 4.28. The zero-order chi connectivity index (χ0) is 17.5. The predicted octanol–water partition coefficient (Wildman–Crippen LogP) is 3.90. The first-order valence-corrected chi connectivity index (χ1v) is 7.32. The zero-order valence-corrected chi connectivity index (χ0v) is 13.6. The van der Waals surface area contributed by atoms with Gasteiger partial charge >= 0.3 is 5.97 Å². The van der Waals surface area contributed by atoms with Gasteiger partial charge < -0.3 is 14.6 Å². The number of ether oxygens (including phenoxy) is 2. The number of carbonyl (C=O) groups is 1. The Bertz CT molecular complexity index is 824. The van der Waals surface area contributed by atoms with E-state index in [4.69, 9.17) is 31.4 Å². The van der Waals surface area contributed by atoms with Gasteiger partial charge in [0.05, 0.1) is 23.8 Å². The second-order valence-electron chi connectivity index (χ2n) is 4.76. The van der Waals surface area contributed by atoms with E-state index < -0.39 is 5.97 Å². The van der Waals surface area contributed by atoms with Gasteiger partial charge in [-0.15, -0.1) is 0 Å². The summed E-state index contributed by atoms with van der Waals surface area (Å²) in [6.45, 7) is 0.157. The fourth-order valence-electron chi connectivity index (χ4n) is 2.05. The summed E-state index contributed by atoms with van der Waals surface area (Å²) in [6.07, 6.45) is 2.42. The number of hydrogen-bond acceptors (Lipinski definition) is 4. The minimum absolute atomic E-state index is 0.157. The van der Waals surface area contributed by atoms with E-state index in [2.05, 4.69) is 6.07 Å². The maximum absolute atomic E-state index is 10.6. The minimum Gasteiger partial charge on any atom is -0.493 e. The molecular formula is C18H14ClNO4. The molecule has 0 aliphatic rings. The number of aliphatic carboxylic acids is 1. The summed E-state index contributed by atoms with van der Waals surface area (Å²) in [5, 5.41) is 18.1. The number of rotatable bonds is 6. The average molecular weight is 344 g/mol. The van der Waals surface area contributed by atoms with Gasteiger partial charge in [0.1, 0.15) is 6.61 Å². The lowest BCUT2D eigenvalue weighted by atomic mass is 10.1. The first-order chi connectivity index (χ1) is 11.5. The Morgan fingerprint density at radius 3 is 2.79 bits per heavy atom. The Labute approximate surface area is 144 Å². The van der Waals surface area contributed by atoms with Crippen LogP contribution in [0.5, 0.6) is 11.5 Å². The summed E-state index contributed by atoms with van der Waals surface area (Å²) in [6, 6.07) is 12.4. The Morgan fingerprint density at radius 1 is 1.38 bits per heavy atom. The van der Waals surface area contributed by atoms with Crippen LogP contribution in [-0.2, 0) is 11.4 Å². The Hall–Kier alpha value is -2.97. The van der Waals surface area contributed by atoms with E-state index in [0.717, 1.165) is 11.6 Å². The fourth-order valence-corrected chi connectivity index (χ4v) is 2.32. The van der Waals surface area contributed by atoms with Crippen LogP contribution in [0.1, 0.15) is 16.7 Å². The third-order valence-corrected chi connectivity index (χ3v) is 3.46. The summed E-state index contributed by atoms with van der Waals surface area (Å²) in [5.74, 6) is -0.347. The van der Waals surface area contributed by atoms with Gasteiger partial charge in [-0.2, -0.15) is 5.26 Å². The highest BCUT2D eigenvalue weighted by molar-refractivity contribution is 6.32. The third-order valence-electron chi connectivity index (χ3n) is 3.18. The van der Waals surface area contributed by atoms with E-state index in [9.17, 15) is 4.79 Å². The molecule has 0 spiro atoms. The van der Waals surface area contributed by atoms with Gasteiger partial charge in [0, 0.05) is 11.6 Å². The zero-order valence-electron chi connectivity index (χ0n) is 12.8. The summed E-state index contributed by atoms with van der Waals surface area (Å²) >= 11 is 6.22. The molecule has 0 amide bonds. The number of hydrogen-bond donors (Lipinski definition) is 1. The quantitative estimate of drug-likeness (QED) is 0.805. The minimum atomic E-state index is -1.06. The van der Waals surface area contributed by atoms with Crippen LogP contribution in [0.3, 0.4) is 0 Å². The molecule has 0 unspecified atom stereocenters. The molecule has 0 aromatic heterocycles. The molecule has 0 radical (unpaired) electrons. The molecule has 122 valence electrons. The van der Waals surface area contributed by atoms with Crippen LogP contribution in [0.4, 0.5) is 0 Å². The molecule has 0 atom stereocenters. The van der Waals surface area contributed by atoms with Crippen LogP contribution in [0.15, 0.2) is 42.5 Å². The number of halogens is 1. The van der Waals surface area contributed by atoms with E-state index in [1.165, 1.54) is 13.2 Å². The van der Waals surface area contributed by atoms with Gasteiger partial charge in [-0.05, 0) is 29.8 Å². The second-order valence-corrected chi connectivity index (χ2v) is 5.17. The maximum atomic E-state index is 10.6. The van der Waals surface area contributed by atoms with E-state index in [1.807, 2.05) is 6.07 Å². The molecular weight excluding hydrogens is 330 g/mol. The molecule has 6 heteroatoms. The van der Waals surface area contributed by atoms with Crippen LogP contribution in [-0.4, -0.2) is 18.2 Å². The van der Waals surface area contributed by atoms with Crippen molar-refractivity contribution in [2.24, 2.45) is 0 Å². The molecule has 0 heterocycles. The van der Waals surface area contributed by atoms with Crippen LogP contribution in [0.2, 0.25) is 5.02 Å². The van der Waals surface area contributed by atoms with Crippen molar-refractivity contribution in [3.8, 4) is 17.6 Å². The molecule has 2 aromatic carbocycles. The van der Waals surface area contributed by atoms with Crippen molar-refractivity contribution >= 4 is 23.6 Å². The molecule has 0 fully saturated rings. The van der Waals surface area contributed by atoms with Gasteiger partial charge in [0.25, 0.3) is 0 Å². The average Bonchev–Trinajstić information content (AvgIpc) is 2.58. The molecule has 0 saturated carbocycles. The van der Waals surface area contributed by atoms with E-state index in [0.29, 0.717) is 22.6 Å². The van der Waals surface area contributed by atoms with E-state index in [1.54, 1.807) is 30.3 Å². The van der Waals surface area contributed by atoms with Crippen molar-refractivity contribution < 1.29 is 19.4 Å². The number of methoxy groups -OCH3 is 1. The number of carboxylic acid groups (broad SMARTS) is 1. The van der Waals surface area contributed by atoms with Crippen molar-refractivity contribution in [1.29, 1.82) is 5.26 Å². The molecule has 2 aromatic rings. The van der Waals surface area contributed by atoms with Crippen molar-refractivity contribution in [3.63, 3.8) is 0 Å². The van der Waals surface area contributed by atoms with Gasteiger partial charge in [-0.3, -0.25) is 0 Å². The predicted molar refractivity (Wildman–Crippen MR) is 90.2 cm³/mol. The molecule has 0 bridgehead atoms. The molecule has 24 heavy (non-hydrogen) atoms. The molecule has 0 saturated heterocycles. The summed E-state index contributed by atoms with van der Waals surface area (Å²) in [5.41, 5.74) is 1.82. The van der Waals surface area contributed by atoms with Crippen molar-refractivity contribution in [1.82, 2.24) is 0 Å². The topological polar surface area (TPSA) is 79.6 Å². The van der Waals surface area contributed by atoms with Crippen LogP contribution in [0.25, 0.3) is 6.08 Å². The number of nitrogens with zero attached hydrogens (tertiary/aromatic N) is 1. The standard InChI is InChI=1S/C18H14ClNO4/c1-23-16-9-12(6-7-17(21)22)8-15(19)18(16)24-11-14-5-3-2-4-13(14)10-20/h2-9H,11H2,1H3,(H,21,22). The van der Waals surface area contributed by atoms with Crippen LogP contribution >= 0.6 is 11.6 Å². The van der Waals surface area contributed by atoms with Crippen LogP contribution < -0.4 is 9.47 Å². The first kappa shape index (κ1) is 17.4. The Balaban J connectivity index is 2.27. The van der Waals surface area contributed by atoms with E-state index >= 15 is 0 Å². The monoisotopic (exact) mass is 343 g/mol. The fraction of sp³-hybridized carbons (Fsp3) is 0.111. The molecule has 0 aliphatic heterocycles. The smallest absolute Gasteiger partial charge is 0.328 e. The number of benzene rings is 2. The summed E-state index contributed by atoms with van der Waals surface area (Å²) in [4.78, 5) is 10.6. The molecule has 5 nitrogen and oxygen atoms in total. The highest BCUT2D eigenvalue weighted by Crippen LogP contribution is 2.37. The van der Waals surface area contributed by atoms with Gasteiger partial charge in [0.15, 0.2) is 11.5 Å². The SMILES string of the molecule is COc1cc(C=CC(=O)O)cc(Cl)c1OCc1ccccc1C#N. The summed E-state index contributed by atoms with van der Waals surface area (Å²) < 4.78 is 11.0. The maximum Gasteiger partial charge on any atom is 0.328 e. The number of carboxylic acids is 1. The van der Waals surface area contributed by atoms with Gasteiger partial charge in [-0.25, -0.2) is 4.79 Å². The largest absolute Gasteiger partial charge is 0.493 e. The summed E-state index contributed by atoms with van der Waals surface area (Å²) in [7, 11) is 1.46. The van der Waals surface area contributed by atoms with E-state index in [-0.39, 0.29) is 11.6 Å². The second kappa shape index (κ2) is 8.04. The highest BCUT2D eigenvalue weighted by Gasteiger charge is 2.12. The van der Waals surface area contributed by atoms with Crippen molar-refractivity contribution in [2.45, 2.75) is 6.61 Å². The van der Waals surface area contributed by atoms with Gasteiger partial charge in [0.2, 0.25) is 0 Å². The van der Waals surface area contributed by atoms with Crippen LogP contribution in [0, 0.1) is 11.3 Å². The lowest BCUT2D eigenvalue weighted by Crippen LogP contribution is -2.01. The molecule has 0 aliphatic carbocycles. The first-order valence-electron chi connectivity index (χ1n) is 6.94. The molecule has 1 N–H and O–H groups in total. The van der Waals surface area contributed by atoms with Crippen molar-refractivity contribution in [3.05, 3.63) is 64.2 Å². The number of nitriles is 1. The highest BCUT2D eigenvalue weighted by atomic mass is 35.5. The normalized spacial score (nSPS) is 10.4. The van der Waals surface area contributed by atoms with Crippen molar-refractivity contribution in [2.75, 3.05) is 7.11 Å². The lowest BCUT2D eigenvalue weighted by molar-refractivity contribution is -0.131.